The Bertz CT molecular complexity index is 195. The second kappa shape index (κ2) is 3.87. The molecule has 2 aliphatic rings. The van der Waals surface area contributed by atoms with Gasteiger partial charge >= 0.3 is 0 Å². The van der Waals surface area contributed by atoms with Crippen molar-refractivity contribution in [2.45, 2.75) is 25.7 Å². The minimum Gasteiger partial charge on any atom is -0.342 e. The molecule has 0 bridgehead atoms. The average Bonchev–Trinajstić information content (AvgIpc) is 2.53. The van der Waals surface area contributed by atoms with E-state index in [0.717, 1.165) is 25.9 Å². The maximum Gasteiger partial charge on any atom is 0.225 e. The van der Waals surface area contributed by atoms with Crippen LogP contribution in [0.15, 0.2) is 0 Å². The predicted molar refractivity (Wildman–Crippen MR) is 52.7 cm³/mol. The Labute approximate surface area is 84.2 Å². The number of hydrogen-bond donors (Lipinski definition) is 0. The highest BCUT2D eigenvalue weighted by atomic mass is 35.5. The van der Waals surface area contributed by atoms with E-state index in [-0.39, 0.29) is 0 Å². The van der Waals surface area contributed by atoms with Crippen LogP contribution in [0.3, 0.4) is 0 Å². The predicted octanol–water partition coefficient (Wildman–Crippen LogP) is 1.87. The average molecular weight is 202 g/mol. The molecule has 2 rings (SSSR count). The molecule has 1 aliphatic carbocycles. The summed E-state index contributed by atoms with van der Waals surface area (Å²) in [5, 5.41) is 0. The first-order valence-corrected chi connectivity index (χ1v) is 5.69. The fourth-order valence-electron chi connectivity index (χ4n) is 2.28. The molecule has 0 unspecified atom stereocenters. The monoisotopic (exact) mass is 201 g/mol. The molecule has 0 N–H and O–H groups in total. The zero-order chi connectivity index (χ0) is 9.26. The van der Waals surface area contributed by atoms with Crippen LogP contribution >= 0.6 is 11.6 Å². The van der Waals surface area contributed by atoms with Crippen molar-refractivity contribution < 1.29 is 4.79 Å². The topological polar surface area (TPSA) is 20.3 Å². The van der Waals surface area contributed by atoms with Gasteiger partial charge in [-0.15, -0.1) is 11.6 Å². The van der Waals surface area contributed by atoms with Gasteiger partial charge in [-0.25, -0.2) is 0 Å². The van der Waals surface area contributed by atoms with Crippen molar-refractivity contribution in [1.29, 1.82) is 0 Å². The third-order valence-electron chi connectivity index (χ3n) is 3.19. The summed E-state index contributed by atoms with van der Waals surface area (Å²) in [7, 11) is 0. The number of carbonyl (C=O) groups is 1. The normalized spacial score (nSPS) is 24.8. The SMILES string of the molecule is O=C(C1CCCC1)N1CC(CCl)C1. The standard InChI is InChI=1S/C10H16ClNO/c11-5-8-6-12(7-8)10(13)9-3-1-2-4-9/h8-9H,1-7H2. The molecule has 0 aromatic heterocycles. The molecule has 74 valence electrons. The molecule has 3 heteroatoms. The van der Waals surface area contributed by atoms with E-state index in [1.807, 2.05) is 4.90 Å². The van der Waals surface area contributed by atoms with E-state index in [0.29, 0.717) is 23.6 Å². The molecule has 2 fully saturated rings. The number of carbonyl (C=O) groups excluding carboxylic acids is 1. The van der Waals surface area contributed by atoms with Gasteiger partial charge in [0.25, 0.3) is 0 Å². The van der Waals surface area contributed by atoms with E-state index < -0.39 is 0 Å². The first kappa shape index (κ1) is 9.32. The van der Waals surface area contributed by atoms with Gasteiger partial charge in [0.15, 0.2) is 0 Å². The van der Waals surface area contributed by atoms with Crippen molar-refractivity contribution in [3.8, 4) is 0 Å². The zero-order valence-corrected chi connectivity index (χ0v) is 8.59. The molecule has 0 aromatic rings. The molecule has 1 amide bonds. The summed E-state index contributed by atoms with van der Waals surface area (Å²) in [6, 6.07) is 0. The Balaban J connectivity index is 1.78. The van der Waals surface area contributed by atoms with Crippen molar-refractivity contribution >= 4 is 17.5 Å². The van der Waals surface area contributed by atoms with Gasteiger partial charge in [-0.2, -0.15) is 0 Å². The van der Waals surface area contributed by atoms with Crippen molar-refractivity contribution in [3.63, 3.8) is 0 Å². The maximum absolute atomic E-state index is 11.8. The van der Waals surface area contributed by atoms with Crippen molar-refractivity contribution in [1.82, 2.24) is 4.90 Å². The molecule has 0 atom stereocenters. The molecule has 1 saturated heterocycles. The molecular weight excluding hydrogens is 186 g/mol. The summed E-state index contributed by atoms with van der Waals surface area (Å²) < 4.78 is 0. The summed E-state index contributed by atoms with van der Waals surface area (Å²) in [5.41, 5.74) is 0. The molecule has 1 aliphatic heterocycles. The molecule has 1 saturated carbocycles. The lowest BCUT2D eigenvalue weighted by molar-refractivity contribution is -0.141. The number of amides is 1. The van der Waals surface area contributed by atoms with E-state index in [1.165, 1.54) is 12.8 Å². The number of likely N-dealkylation sites (tertiary alicyclic amines) is 1. The largest absolute Gasteiger partial charge is 0.342 e. The van der Waals surface area contributed by atoms with E-state index in [2.05, 4.69) is 0 Å². The van der Waals surface area contributed by atoms with Crippen LogP contribution in [0.25, 0.3) is 0 Å². The molecule has 2 nitrogen and oxygen atoms in total. The van der Waals surface area contributed by atoms with Crippen LogP contribution in [-0.4, -0.2) is 29.8 Å². The lowest BCUT2D eigenvalue weighted by Crippen LogP contribution is -2.52. The fraction of sp³-hybridized carbons (Fsp3) is 0.900. The smallest absolute Gasteiger partial charge is 0.225 e. The molecule has 1 heterocycles. The highest BCUT2D eigenvalue weighted by Crippen LogP contribution is 2.29. The number of hydrogen-bond acceptors (Lipinski definition) is 1. The number of halogens is 1. The lowest BCUT2D eigenvalue weighted by Gasteiger charge is -2.39. The minimum absolute atomic E-state index is 0.344. The quantitative estimate of drug-likeness (QED) is 0.625. The fourth-order valence-corrected chi connectivity index (χ4v) is 2.47. The van der Waals surface area contributed by atoms with Gasteiger partial charge in [-0.1, -0.05) is 12.8 Å². The second-order valence-electron chi connectivity index (χ2n) is 4.24. The van der Waals surface area contributed by atoms with Crippen LogP contribution in [0.1, 0.15) is 25.7 Å². The highest BCUT2D eigenvalue weighted by molar-refractivity contribution is 6.18. The number of rotatable bonds is 2. The molecule has 0 spiro atoms. The van der Waals surface area contributed by atoms with E-state index >= 15 is 0 Å². The summed E-state index contributed by atoms with van der Waals surface area (Å²) in [5.74, 6) is 2.00. The zero-order valence-electron chi connectivity index (χ0n) is 7.84. The van der Waals surface area contributed by atoms with Crippen LogP contribution in [-0.2, 0) is 4.79 Å². The van der Waals surface area contributed by atoms with Crippen molar-refractivity contribution in [2.75, 3.05) is 19.0 Å². The Kier molecular flexibility index (Phi) is 2.77. The van der Waals surface area contributed by atoms with Crippen LogP contribution in [0.2, 0.25) is 0 Å². The van der Waals surface area contributed by atoms with Gasteiger partial charge in [-0.05, 0) is 12.8 Å². The molecule has 13 heavy (non-hydrogen) atoms. The minimum atomic E-state index is 0.344. The number of alkyl halides is 1. The Morgan fingerprint density at radius 2 is 1.92 bits per heavy atom. The van der Waals surface area contributed by atoms with Crippen LogP contribution in [0, 0.1) is 11.8 Å². The van der Waals surface area contributed by atoms with Gasteiger partial charge < -0.3 is 4.90 Å². The first-order valence-electron chi connectivity index (χ1n) is 5.16. The lowest BCUT2D eigenvalue weighted by atomic mass is 9.98. The molecule has 0 aromatic carbocycles. The van der Waals surface area contributed by atoms with Gasteiger partial charge in [0.05, 0.1) is 0 Å². The first-order chi connectivity index (χ1) is 6.31. The van der Waals surface area contributed by atoms with Gasteiger partial charge in [-0.3, -0.25) is 4.79 Å². The Morgan fingerprint density at radius 3 is 2.46 bits per heavy atom. The van der Waals surface area contributed by atoms with Crippen LogP contribution < -0.4 is 0 Å². The van der Waals surface area contributed by atoms with E-state index in [1.54, 1.807) is 0 Å². The Hall–Kier alpha value is -0.240. The number of nitrogens with zero attached hydrogens (tertiary/aromatic N) is 1. The van der Waals surface area contributed by atoms with Crippen LogP contribution in [0.4, 0.5) is 0 Å². The van der Waals surface area contributed by atoms with Crippen LogP contribution in [0.5, 0.6) is 0 Å². The third kappa shape index (κ3) is 1.83. The summed E-state index contributed by atoms with van der Waals surface area (Å²) in [4.78, 5) is 13.7. The third-order valence-corrected chi connectivity index (χ3v) is 3.63. The summed E-state index contributed by atoms with van der Waals surface area (Å²) in [6.07, 6.45) is 4.70. The summed E-state index contributed by atoms with van der Waals surface area (Å²) >= 11 is 5.70. The Morgan fingerprint density at radius 1 is 1.31 bits per heavy atom. The van der Waals surface area contributed by atoms with Gasteiger partial charge in [0.2, 0.25) is 5.91 Å². The summed E-state index contributed by atoms with van der Waals surface area (Å²) in [6.45, 7) is 1.80. The van der Waals surface area contributed by atoms with E-state index in [9.17, 15) is 4.79 Å². The van der Waals surface area contributed by atoms with Gasteiger partial charge in [0.1, 0.15) is 0 Å². The van der Waals surface area contributed by atoms with Crippen molar-refractivity contribution in [3.05, 3.63) is 0 Å². The van der Waals surface area contributed by atoms with Gasteiger partial charge in [0, 0.05) is 30.8 Å². The molecule has 0 radical (unpaired) electrons. The molecular formula is C10H16ClNO. The highest BCUT2D eigenvalue weighted by Gasteiger charge is 2.34. The second-order valence-corrected chi connectivity index (χ2v) is 4.55. The van der Waals surface area contributed by atoms with Crippen molar-refractivity contribution in [2.24, 2.45) is 11.8 Å². The van der Waals surface area contributed by atoms with E-state index in [4.69, 9.17) is 11.6 Å². The maximum atomic E-state index is 11.8.